The van der Waals surface area contributed by atoms with Crippen molar-refractivity contribution in [3.63, 3.8) is 0 Å². The molecule has 0 saturated heterocycles. The minimum Gasteiger partial charge on any atom is -0.469 e. The lowest BCUT2D eigenvalue weighted by Gasteiger charge is -2.12. The number of carbonyl (C=O) groups is 3. The molecular weight excluding hydrogens is 284 g/mol. The summed E-state index contributed by atoms with van der Waals surface area (Å²) in [4.78, 5) is 34.0. The molecule has 22 heavy (non-hydrogen) atoms. The van der Waals surface area contributed by atoms with Gasteiger partial charge in [-0.15, -0.1) is 0 Å². The minimum absolute atomic E-state index is 0.177. The van der Waals surface area contributed by atoms with Gasteiger partial charge in [-0.1, -0.05) is 24.6 Å². The molecule has 0 bridgehead atoms. The van der Waals surface area contributed by atoms with Crippen molar-refractivity contribution >= 4 is 18.2 Å². The lowest BCUT2D eigenvalue weighted by molar-refractivity contribution is -0.140. The van der Waals surface area contributed by atoms with E-state index in [1.54, 1.807) is 12.1 Å². The highest BCUT2D eigenvalue weighted by molar-refractivity contribution is 5.91. The van der Waals surface area contributed by atoms with Gasteiger partial charge in [0.1, 0.15) is 6.29 Å². The van der Waals surface area contributed by atoms with Crippen LogP contribution in [0.25, 0.3) is 0 Å². The zero-order valence-electron chi connectivity index (χ0n) is 13.0. The first kappa shape index (κ1) is 17.9. The summed E-state index contributed by atoms with van der Waals surface area (Å²) in [5, 5.41) is 0. The van der Waals surface area contributed by atoms with Crippen LogP contribution in [0.4, 0.5) is 0 Å². The Hall–Kier alpha value is -2.17. The first-order valence-electron chi connectivity index (χ1n) is 7.30. The molecule has 0 fully saturated rings. The summed E-state index contributed by atoms with van der Waals surface area (Å²) in [7, 11) is 2.70. The molecule has 120 valence electrons. The van der Waals surface area contributed by atoms with Gasteiger partial charge in [-0.05, 0) is 30.9 Å². The summed E-state index contributed by atoms with van der Waals surface area (Å²) in [5.74, 6) is -0.812. The van der Waals surface area contributed by atoms with Gasteiger partial charge in [-0.3, -0.25) is 4.79 Å². The van der Waals surface area contributed by atoms with Crippen LogP contribution in [0.2, 0.25) is 0 Å². The molecule has 0 aliphatic rings. The normalized spacial score (nSPS) is 11.5. The van der Waals surface area contributed by atoms with Crippen molar-refractivity contribution in [3.05, 3.63) is 35.4 Å². The quantitative estimate of drug-likeness (QED) is 0.398. The predicted molar refractivity (Wildman–Crippen MR) is 81.5 cm³/mol. The highest BCUT2D eigenvalue weighted by Crippen LogP contribution is 2.18. The molecule has 0 N–H and O–H groups in total. The molecule has 0 heterocycles. The van der Waals surface area contributed by atoms with E-state index < -0.39 is 5.97 Å². The molecular formula is C17H22O5. The standard InChI is InChI=1S/C17H22O5/c1-21-16(19)10-6-3-7-13(12-18)11-14-8-4-5-9-15(14)17(20)22-2/h4-5,8-9,12-13H,3,6-7,10-11H2,1-2H3. The summed E-state index contributed by atoms with van der Waals surface area (Å²) in [5.41, 5.74) is 1.30. The number of hydrogen-bond acceptors (Lipinski definition) is 5. The van der Waals surface area contributed by atoms with Crippen LogP contribution in [0, 0.1) is 5.92 Å². The summed E-state index contributed by atoms with van der Waals surface area (Å²) < 4.78 is 9.32. The van der Waals surface area contributed by atoms with Crippen LogP contribution in [0.3, 0.4) is 0 Å². The van der Waals surface area contributed by atoms with Gasteiger partial charge in [-0.2, -0.15) is 0 Å². The fourth-order valence-electron chi connectivity index (χ4n) is 2.29. The topological polar surface area (TPSA) is 69.7 Å². The Morgan fingerprint density at radius 3 is 2.50 bits per heavy atom. The molecule has 0 radical (unpaired) electrons. The van der Waals surface area contributed by atoms with Gasteiger partial charge in [-0.25, -0.2) is 4.79 Å². The number of esters is 2. The maximum atomic E-state index is 11.7. The van der Waals surface area contributed by atoms with E-state index in [0.29, 0.717) is 31.2 Å². The molecule has 0 spiro atoms. The largest absolute Gasteiger partial charge is 0.469 e. The monoisotopic (exact) mass is 306 g/mol. The molecule has 0 aliphatic carbocycles. The Morgan fingerprint density at radius 2 is 1.86 bits per heavy atom. The number of carbonyl (C=O) groups excluding carboxylic acids is 3. The number of rotatable bonds is 9. The molecule has 1 rings (SSSR count). The Labute approximate surface area is 130 Å². The van der Waals surface area contributed by atoms with Gasteiger partial charge in [0.05, 0.1) is 19.8 Å². The molecule has 0 aliphatic heterocycles. The highest BCUT2D eigenvalue weighted by atomic mass is 16.5. The van der Waals surface area contributed by atoms with Crippen LogP contribution in [-0.2, 0) is 25.5 Å². The Balaban J connectivity index is 2.57. The van der Waals surface area contributed by atoms with Crippen LogP contribution < -0.4 is 0 Å². The van der Waals surface area contributed by atoms with Crippen molar-refractivity contribution in [2.45, 2.75) is 32.1 Å². The lowest BCUT2D eigenvalue weighted by Crippen LogP contribution is -2.12. The van der Waals surface area contributed by atoms with E-state index in [-0.39, 0.29) is 11.9 Å². The number of unbranched alkanes of at least 4 members (excludes halogenated alkanes) is 1. The Kier molecular flexibility index (Phi) is 7.89. The second-order valence-electron chi connectivity index (χ2n) is 5.07. The second-order valence-corrected chi connectivity index (χ2v) is 5.07. The molecule has 1 aromatic rings. The van der Waals surface area contributed by atoms with E-state index in [4.69, 9.17) is 4.74 Å². The third kappa shape index (κ3) is 5.68. The molecule has 0 aromatic heterocycles. The van der Waals surface area contributed by atoms with Crippen LogP contribution in [0.15, 0.2) is 24.3 Å². The SMILES string of the molecule is COC(=O)CCCCC(C=O)Cc1ccccc1C(=O)OC. The molecule has 0 saturated carbocycles. The average molecular weight is 306 g/mol. The van der Waals surface area contributed by atoms with Gasteiger partial charge in [0, 0.05) is 12.3 Å². The minimum atomic E-state index is -0.397. The zero-order chi connectivity index (χ0) is 16.4. The summed E-state index contributed by atoms with van der Waals surface area (Å²) in [6.07, 6.45) is 3.89. The van der Waals surface area contributed by atoms with Gasteiger partial charge in [0.25, 0.3) is 0 Å². The van der Waals surface area contributed by atoms with Crippen LogP contribution in [-0.4, -0.2) is 32.4 Å². The van der Waals surface area contributed by atoms with Gasteiger partial charge in [0.2, 0.25) is 0 Å². The first-order chi connectivity index (χ1) is 10.6. The van der Waals surface area contributed by atoms with E-state index in [0.717, 1.165) is 18.3 Å². The lowest BCUT2D eigenvalue weighted by atomic mass is 9.92. The Bertz CT molecular complexity index is 510. The van der Waals surface area contributed by atoms with E-state index in [1.165, 1.54) is 14.2 Å². The van der Waals surface area contributed by atoms with Crippen molar-refractivity contribution in [3.8, 4) is 0 Å². The molecule has 5 nitrogen and oxygen atoms in total. The van der Waals surface area contributed by atoms with E-state index in [1.807, 2.05) is 12.1 Å². The van der Waals surface area contributed by atoms with Crippen LogP contribution in [0.5, 0.6) is 0 Å². The maximum Gasteiger partial charge on any atom is 0.338 e. The van der Waals surface area contributed by atoms with Gasteiger partial charge < -0.3 is 14.3 Å². The van der Waals surface area contributed by atoms with Crippen molar-refractivity contribution in [1.82, 2.24) is 0 Å². The van der Waals surface area contributed by atoms with Gasteiger partial charge in [0.15, 0.2) is 0 Å². The number of ether oxygens (including phenoxy) is 2. The fraction of sp³-hybridized carbons (Fsp3) is 0.471. The smallest absolute Gasteiger partial charge is 0.338 e. The van der Waals surface area contributed by atoms with Crippen molar-refractivity contribution in [1.29, 1.82) is 0 Å². The third-order valence-electron chi connectivity index (χ3n) is 3.53. The van der Waals surface area contributed by atoms with E-state index in [2.05, 4.69) is 4.74 Å². The Morgan fingerprint density at radius 1 is 1.14 bits per heavy atom. The number of benzene rings is 1. The summed E-state index contributed by atoms with van der Waals surface area (Å²) in [6, 6.07) is 7.13. The highest BCUT2D eigenvalue weighted by Gasteiger charge is 2.15. The van der Waals surface area contributed by atoms with Crippen LogP contribution in [0.1, 0.15) is 41.6 Å². The molecule has 1 aromatic carbocycles. The second kappa shape index (κ2) is 9.71. The van der Waals surface area contributed by atoms with E-state index >= 15 is 0 Å². The van der Waals surface area contributed by atoms with Crippen molar-refractivity contribution in [2.24, 2.45) is 5.92 Å². The third-order valence-corrected chi connectivity index (χ3v) is 3.53. The maximum absolute atomic E-state index is 11.7. The number of hydrogen-bond donors (Lipinski definition) is 0. The average Bonchev–Trinajstić information content (AvgIpc) is 2.56. The van der Waals surface area contributed by atoms with E-state index in [9.17, 15) is 14.4 Å². The van der Waals surface area contributed by atoms with Gasteiger partial charge >= 0.3 is 11.9 Å². The zero-order valence-corrected chi connectivity index (χ0v) is 13.0. The van der Waals surface area contributed by atoms with Crippen molar-refractivity contribution in [2.75, 3.05) is 14.2 Å². The number of aldehydes is 1. The fourth-order valence-corrected chi connectivity index (χ4v) is 2.29. The predicted octanol–water partition coefficient (Wildman–Crippen LogP) is 2.56. The molecule has 1 unspecified atom stereocenters. The van der Waals surface area contributed by atoms with Crippen LogP contribution >= 0.6 is 0 Å². The molecule has 1 atom stereocenters. The summed E-state index contributed by atoms with van der Waals surface area (Å²) in [6.45, 7) is 0. The summed E-state index contributed by atoms with van der Waals surface area (Å²) >= 11 is 0. The molecule has 5 heteroatoms. The molecule has 0 amide bonds. The first-order valence-corrected chi connectivity index (χ1v) is 7.30. The van der Waals surface area contributed by atoms with Crippen molar-refractivity contribution < 1.29 is 23.9 Å². The number of methoxy groups -OCH3 is 2.